The van der Waals surface area contributed by atoms with E-state index in [0.717, 1.165) is 8.95 Å². The summed E-state index contributed by atoms with van der Waals surface area (Å²) in [4.78, 5) is 11.9. The highest BCUT2D eigenvalue weighted by Gasteiger charge is 2.15. The van der Waals surface area contributed by atoms with Gasteiger partial charge in [0.25, 0.3) is 5.91 Å². The van der Waals surface area contributed by atoms with Gasteiger partial charge in [-0.15, -0.1) is 0 Å². The number of anilines is 1. The quantitative estimate of drug-likeness (QED) is 0.821. The van der Waals surface area contributed by atoms with Crippen molar-refractivity contribution in [2.24, 2.45) is 0 Å². The van der Waals surface area contributed by atoms with Gasteiger partial charge in [0.05, 0.1) is 17.5 Å². The van der Waals surface area contributed by atoms with Gasteiger partial charge in [-0.25, -0.2) is 0 Å². The van der Waals surface area contributed by atoms with Crippen molar-refractivity contribution in [3.05, 3.63) is 50.3 Å². The van der Waals surface area contributed by atoms with Gasteiger partial charge in [-0.2, -0.15) is 0 Å². The Labute approximate surface area is 119 Å². The molecule has 0 atom stereocenters. The molecule has 2 aromatic rings. The molecule has 1 N–H and O–H groups in total. The topological polar surface area (TPSA) is 42.2 Å². The molecule has 0 spiro atoms. The highest BCUT2D eigenvalue weighted by molar-refractivity contribution is 9.11. The summed E-state index contributed by atoms with van der Waals surface area (Å²) < 4.78 is 6.42. The van der Waals surface area contributed by atoms with Gasteiger partial charge in [0, 0.05) is 8.95 Å². The number of rotatable bonds is 2. The van der Waals surface area contributed by atoms with Crippen molar-refractivity contribution in [2.75, 3.05) is 5.32 Å². The first kappa shape index (κ1) is 12.7. The second kappa shape index (κ2) is 5.25. The lowest BCUT2D eigenvalue weighted by molar-refractivity contribution is 0.102. The predicted molar refractivity (Wildman–Crippen MR) is 73.5 cm³/mol. The number of furan rings is 1. The average Bonchev–Trinajstić information content (AvgIpc) is 2.70. The molecule has 2 rings (SSSR count). The molecule has 1 heterocycles. The number of para-hydroxylation sites is 1. The molecule has 1 aromatic heterocycles. The van der Waals surface area contributed by atoms with Crippen molar-refractivity contribution in [3.8, 4) is 0 Å². The Hall–Kier alpha value is -0.780. The van der Waals surface area contributed by atoms with Gasteiger partial charge in [-0.3, -0.25) is 4.79 Å². The minimum Gasteiger partial charge on any atom is -0.452 e. The van der Waals surface area contributed by atoms with Crippen molar-refractivity contribution < 1.29 is 9.21 Å². The lowest BCUT2D eigenvalue weighted by Gasteiger charge is -2.08. The van der Waals surface area contributed by atoms with E-state index in [2.05, 4.69) is 37.2 Å². The number of carbonyl (C=O) groups excluding carboxylic acids is 1. The average molecular weight is 379 g/mol. The first-order valence-corrected chi connectivity index (χ1v) is 6.54. The molecule has 0 saturated heterocycles. The van der Waals surface area contributed by atoms with E-state index in [1.165, 1.54) is 12.3 Å². The SMILES string of the molecule is O=C(Nc1c(Br)cccc1Br)c1ccoc1Cl. The fraction of sp³-hybridized carbons (Fsp3) is 0. The Balaban J connectivity index is 2.28. The van der Waals surface area contributed by atoms with Crippen molar-refractivity contribution in [1.29, 1.82) is 0 Å². The van der Waals surface area contributed by atoms with E-state index in [9.17, 15) is 4.79 Å². The zero-order valence-electron chi connectivity index (χ0n) is 8.34. The lowest BCUT2D eigenvalue weighted by Crippen LogP contribution is -2.12. The summed E-state index contributed by atoms with van der Waals surface area (Å²) in [6, 6.07) is 7.03. The zero-order valence-corrected chi connectivity index (χ0v) is 12.3. The van der Waals surface area contributed by atoms with E-state index < -0.39 is 0 Å². The third kappa shape index (κ3) is 2.73. The van der Waals surface area contributed by atoms with Crippen LogP contribution in [0, 0.1) is 0 Å². The molecule has 0 unspecified atom stereocenters. The molecule has 0 radical (unpaired) electrons. The van der Waals surface area contributed by atoms with E-state index in [1.807, 2.05) is 18.2 Å². The molecule has 0 aliphatic carbocycles. The summed E-state index contributed by atoms with van der Waals surface area (Å²) in [6.45, 7) is 0. The van der Waals surface area contributed by atoms with Gasteiger partial charge in [0.1, 0.15) is 0 Å². The first-order chi connectivity index (χ1) is 8.09. The number of hydrogen-bond donors (Lipinski definition) is 1. The Kier molecular flexibility index (Phi) is 3.91. The standard InChI is InChI=1S/C11H6Br2ClNO2/c12-7-2-1-3-8(13)9(7)15-11(16)6-4-5-17-10(6)14/h1-5H,(H,15,16). The fourth-order valence-electron chi connectivity index (χ4n) is 1.25. The van der Waals surface area contributed by atoms with Crippen LogP contribution >= 0.6 is 43.5 Å². The maximum Gasteiger partial charge on any atom is 0.260 e. The van der Waals surface area contributed by atoms with Crippen LogP contribution in [-0.4, -0.2) is 5.91 Å². The Morgan fingerprint density at radius 2 is 1.88 bits per heavy atom. The second-order valence-corrected chi connectivity index (χ2v) is 5.21. The molecular formula is C11H6Br2ClNO2. The summed E-state index contributed by atoms with van der Waals surface area (Å²) in [6.07, 6.45) is 1.37. The monoisotopic (exact) mass is 377 g/mol. The normalized spacial score (nSPS) is 10.3. The zero-order chi connectivity index (χ0) is 12.4. The van der Waals surface area contributed by atoms with Gasteiger partial charge < -0.3 is 9.73 Å². The number of halogens is 3. The number of benzene rings is 1. The van der Waals surface area contributed by atoms with Crippen LogP contribution in [0.25, 0.3) is 0 Å². The van der Waals surface area contributed by atoms with Gasteiger partial charge >= 0.3 is 0 Å². The Morgan fingerprint density at radius 3 is 2.41 bits per heavy atom. The molecule has 0 aliphatic heterocycles. The van der Waals surface area contributed by atoms with Crippen molar-refractivity contribution in [1.82, 2.24) is 0 Å². The maximum absolute atomic E-state index is 11.9. The van der Waals surface area contributed by atoms with Crippen LogP contribution in [0.5, 0.6) is 0 Å². The molecule has 88 valence electrons. The van der Waals surface area contributed by atoms with Crippen molar-refractivity contribution >= 4 is 55.1 Å². The summed E-state index contributed by atoms with van der Waals surface area (Å²) in [7, 11) is 0. The van der Waals surface area contributed by atoms with E-state index in [1.54, 1.807) is 0 Å². The number of amides is 1. The highest BCUT2D eigenvalue weighted by Crippen LogP contribution is 2.31. The van der Waals surface area contributed by atoms with Crippen LogP contribution in [0.15, 0.2) is 43.9 Å². The summed E-state index contributed by atoms with van der Waals surface area (Å²) >= 11 is 12.4. The van der Waals surface area contributed by atoms with E-state index in [0.29, 0.717) is 11.3 Å². The highest BCUT2D eigenvalue weighted by atomic mass is 79.9. The van der Waals surface area contributed by atoms with Crippen LogP contribution in [0.2, 0.25) is 5.22 Å². The van der Waals surface area contributed by atoms with Crippen LogP contribution in [0.1, 0.15) is 10.4 Å². The fourth-order valence-corrected chi connectivity index (χ4v) is 2.65. The van der Waals surface area contributed by atoms with Gasteiger partial charge in [-0.1, -0.05) is 6.07 Å². The molecule has 0 aliphatic rings. The van der Waals surface area contributed by atoms with Crippen LogP contribution in [0.3, 0.4) is 0 Å². The van der Waals surface area contributed by atoms with Gasteiger partial charge in [0.15, 0.2) is 0 Å². The van der Waals surface area contributed by atoms with E-state index >= 15 is 0 Å². The molecule has 3 nitrogen and oxygen atoms in total. The third-order valence-electron chi connectivity index (χ3n) is 2.06. The van der Waals surface area contributed by atoms with E-state index in [4.69, 9.17) is 16.0 Å². The number of carbonyl (C=O) groups is 1. The van der Waals surface area contributed by atoms with Crippen molar-refractivity contribution in [2.45, 2.75) is 0 Å². The molecule has 1 aromatic carbocycles. The smallest absolute Gasteiger partial charge is 0.260 e. The summed E-state index contributed by atoms with van der Waals surface area (Å²) in [5.41, 5.74) is 0.948. The number of hydrogen-bond acceptors (Lipinski definition) is 2. The first-order valence-electron chi connectivity index (χ1n) is 4.58. The molecule has 0 saturated carbocycles. The van der Waals surface area contributed by atoms with Gasteiger partial charge in [0.2, 0.25) is 5.22 Å². The van der Waals surface area contributed by atoms with Crippen molar-refractivity contribution in [3.63, 3.8) is 0 Å². The summed E-state index contributed by atoms with van der Waals surface area (Å²) in [5, 5.41) is 2.82. The third-order valence-corrected chi connectivity index (χ3v) is 3.68. The lowest BCUT2D eigenvalue weighted by atomic mass is 10.3. The molecule has 17 heavy (non-hydrogen) atoms. The minimum atomic E-state index is -0.323. The molecule has 6 heteroatoms. The minimum absolute atomic E-state index is 0.0747. The summed E-state index contributed by atoms with van der Waals surface area (Å²) in [5.74, 6) is -0.323. The Bertz CT molecular complexity index is 548. The van der Waals surface area contributed by atoms with Crippen LogP contribution < -0.4 is 5.32 Å². The van der Waals surface area contributed by atoms with Gasteiger partial charge in [-0.05, 0) is 61.7 Å². The van der Waals surface area contributed by atoms with Crippen LogP contribution in [-0.2, 0) is 0 Å². The van der Waals surface area contributed by atoms with Crippen LogP contribution in [0.4, 0.5) is 5.69 Å². The Morgan fingerprint density at radius 1 is 1.24 bits per heavy atom. The second-order valence-electron chi connectivity index (χ2n) is 3.16. The largest absolute Gasteiger partial charge is 0.452 e. The maximum atomic E-state index is 11.9. The predicted octanol–water partition coefficient (Wildman–Crippen LogP) is 4.71. The molecular weight excluding hydrogens is 373 g/mol. The molecule has 0 fully saturated rings. The van der Waals surface area contributed by atoms with E-state index in [-0.39, 0.29) is 11.1 Å². The molecule has 1 amide bonds. The number of nitrogens with one attached hydrogen (secondary N) is 1. The molecule has 0 bridgehead atoms.